The topological polar surface area (TPSA) is 77.8 Å². The van der Waals surface area contributed by atoms with E-state index in [2.05, 4.69) is 20.7 Å². The molecule has 2 saturated heterocycles. The number of halogens is 3. The Bertz CT molecular complexity index is 1120. The molecule has 0 aliphatic carbocycles. The Morgan fingerprint density at radius 2 is 1.94 bits per heavy atom. The number of piperazine rings is 1. The predicted molar refractivity (Wildman–Crippen MR) is 119 cm³/mol. The number of hydrogen-bond acceptors (Lipinski definition) is 5. The van der Waals surface area contributed by atoms with Gasteiger partial charge in [-0.1, -0.05) is 0 Å². The molecule has 170 valence electrons. The van der Waals surface area contributed by atoms with Gasteiger partial charge in [-0.2, -0.15) is 4.52 Å². The Morgan fingerprint density at radius 3 is 2.75 bits per heavy atom. The second kappa shape index (κ2) is 9.25. The minimum absolute atomic E-state index is 0. The van der Waals surface area contributed by atoms with E-state index in [1.54, 1.807) is 21.7 Å². The zero-order valence-corrected chi connectivity index (χ0v) is 18.1. The molecule has 2 fully saturated rings. The molecule has 2 aromatic heterocycles. The van der Waals surface area contributed by atoms with Crippen LogP contribution in [0.25, 0.3) is 5.65 Å². The van der Waals surface area contributed by atoms with E-state index in [-0.39, 0.29) is 24.5 Å². The number of rotatable bonds is 3. The average molecular weight is 464 g/mol. The minimum Gasteiger partial charge on any atom is -0.348 e. The summed E-state index contributed by atoms with van der Waals surface area (Å²) in [6.07, 6.45) is 3.12. The molecule has 2 N–H and O–H groups in total. The van der Waals surface area contributed by atoms with Crippen molar-refractivity contribution in [3.63, 3.8) is 0 Å². The molecule has 32 heavy (non-hydrogen) atoms. The summed E-state index contributed by atoms with van der Waals surface area (Å²) in [5, 5.41) is 10.8. The summed E-state index contributed by atoms with van der Waals surface area (Å²) in [5.41, 5.74) is 0.921. The second-order valence-electron chi connectivity index (χ2n) is 7.79. The van der Waals surface area contributed by atoms with E-state index in [0.29, 0.717) is 48.9 Å². The van der Waals surface area contributed by atoms with Gasteiger partial charge in [0.2, 0.25) is 0 Å². The fraction of sp³-hybridized carbons (Fsp3) is 0.381. The van der Waals surface area contributed by atoms with Crippen molar-refractivity contribution in [1.29, 1.82) is 0 Å². The van der Waals surface area contributed by atoms with E-state index in [0.717, 1.165) is 31.6 Å². The standard InChI is InChI=1S/C21H23F2N7O.ClH/c22-14-3-4-16(23)15(12-14)17-2-1-9-29(17)19-6-5-18-25-13-20(30(18)27-19)26-21(31)28-10-7-24-8-11-28;/h3-6,12-13,17,24H,1-2,7-11H2,(H,26,31);1H/t17-;/m1./s1. The van der Waals surface area contributed by atoms with Crippen LogP contribution in [0, 0.1) is 11.6 Å². The van der Waals surface area contributed by atoms with E-state index >= 15 is 0 Å². The number of imidazole rings is 1. The summed E-state index contributed by atoms with van der Waals surface area (Å²) in [6, 6.07) is 6.67. The summed E-state index contributed by atoms with van der Waals surface area (Å²) in [5.74, 6) is 0.201. The van der Waals surface area contributed by atoms with Crippen LogP contribution < -0.4 is 15.5 Å². The fourth-order valence-corrected chi connectivity index (χ4v) is 4.29. The maximum Gasteiger partial charge on any atom is 0.323 e. The number of carbonyl (C=O) groups is 1. The molecule has 8 nitrogen and oxygen atoms in total. The Labute approximate surface area is 190 Å². The first-order valence-electron chi connectivity index (χ1n) is 10.4. The van der Waals surface area contributed by atoms with Crippen molar-refractivity contribution in [2.24, 2.45) is 0 Å². The smallest absolute Gasteiger partial charge is 0.323 e. The number of nitrogens with zero attached hydrogens (tertiary/aromatic N) is 5. The normalized spacial score (nSPS) is 18.6. The molecule has 0 bridgehead atoms. The monoisotopic (exact) mass is 463 g/mol. The van der Waals surface area contributed by atoms with E-state index < -0.39 is 11.6 Å². The van der Waals surface area contributed by atoms with Gasteiger partial charge in [0.25, 0.3) is 0 Å². The number of fused-ring (bicyclic) bond motifs is 1. The highest BCUT2D eigenvalue weighted by molar-refractivity contribution is 5.88. The largest absolute Gasteiger partial charge is 0.348 e. The van der Waals surface area contributed by atoms with Gasteiger partial charge >= 0.3 is 6.03 Å². The quantitative estimate of drug-likeness (QED) is 0.623. The molecular formula is C21H24ClF2N7O. The SMILES string of the molecule is Cl.O=C(Nc1cnc2ccc(N3CCC[C@@H]3c3cc(F)ccc3F)nn12)N1CCNCC1. The molecule has 5 rings (SSSR count). The molecule has 0 radical (unpaired) electrons. The van der Waals surface area contributed by atoms with Crippen LogP contribution in [-0.2, 0) is 0 Å². The van der Waals surface area contributed by atoms with Crippen LogP contribution in [0.1, 0.15) is 24.4 Å². The molecule has 2 amide bonds. The highest BCUT2D eigenvalue weighted by Gasteiger charge is 2.30. The zero-order valence-electron chi connectivity index (χ0n) is 17.3. The van der Waals surface area contributed by atoms with Crippen molar-refractivity contribution in [1.82, 2.24) is 24.8 Å². The number of benzene rings is 1. The second-order valence-corrected chi connectivity index (χ2v) is 7.79. The molecule has 2 aliphatic rings. The van der Waals surface area contributed by atoms with E-state index in [4.69, 9.17) is 0 Å². The van der Waals surface area contributed by atoms with Crippen LogP contribution in [-0.4, -0.2) is 58.3 Å². The number of hydrogen-bond donors (Lipinski definition) is 2. The number of urea groups is 1. The number of amides is 2. The van der Waals surface area contributed by atoms with Gasteiger partial charge in [0, 0.05) is 38.3 Å². The first-order valence-corrected chi connectivity index (χ1v) is 10.4. The summed E-state index contributed by atoms with van der Waals surface area (Å²) < 4.78 is 29.8. The maximum atomic E-state index is 14.4. The lowest BCUT2D eigenvalue weighted by Gasteiger charge is -2.27. The van der Waals surface area contributed by atoms with Gasteiger partial charge in [-0.25, -0.2) is 18.6 Å². The third-order valence-electron chi connectivity index (χ3n) is 5.85. The average Bonchev–Trinajstić information content (AvgIpc) is 3.43. The van der Waals surface area contributed by atoms with E-state index in [1.165, 1.54) is 6.07 Å². The van der Waals surface area contributed by atoms with Gasteiger partial charge in [-0.05, 0) is 43.2 Å². The van der Waals surface area contributed by atoms with Crippen molar-refractivity contribution in [2.45, 2.75) is 18.9 Å². The van der Waals surface area contributed by atoms with E-state index in [1.807, 2.05) is 11.0 Å². The van der Waals surface area contributed by atoms with Crippen molar-refractivity contribution in [2.75, 3.05) is 42.9 Å². The number of carbonyl (C=O) groups excluding carboxylic acids is 1. The Balaban J connectivity index is 0.00000245. The molecule has 1 aromatic carbocycles. The Kier molecular flexibility index (Phi) is 6.43. The van der Waals surface area contributed by atoms with Crippen LogP contribution in [0.15, 0.2) is 36.5 Å². The van der Waals surface area contributed by atoms with Crippen molar-refractivity contribution in [3.8, 4) is 0 Å². The highest BCUT2D eigenvalue weighted by atomic mass is 35.5. The number of nitrogens with one attached hydrogen (secondary N) is 2. The van der Waals surface area contributed by atoms with Gasteiger partial charge in [0.1, 0.15) is 17.5 Å². The fourth-order valence-electron chi connectivity index (χ4n) is 4.29. The van der Waals surface area contributed by atoms with Gasteiger partial charge < -0.3 is 15.1 Å². The lowest BCUT2D eigenvalue weighted by molar-refractivity contribution is 0.203. The predicted octanol–water partition coefficient (Wildman–Crippen LogP) is 3.21. The number of aromatic nitrogens is 3. The molecule has 0 saturated carbocycles. The summed E-state index contributed by atoms with van der Waals surface area (Å²) >= 11 is 0. The minimum atomic E-state index is -0.459. The van der Waals surface area contributed by atoms with Crippen LogP contribution in [0.2, 0.25) is 0 Å². The molecule has 3 aromatic rings. The van der Waals surface area contributed by atoms with Crippen LogP contribution >= 0.6 is 12.4 Å². The number of anilines is 2. The Morgan fingerprint density at radius 1 is 1.12 bits per heavy atom. The van der Waals surface area contributed by atoms with Crippen molar-refractivity contribution < 1.29 is 13.6 Å². The summed E-state index contributed by atoms with van der Waals surface area (Å²) in [6.45, 7) is 3.47. The van der Waals surface area contributed by atoms with Gasteiger partial charge in [-0.3, -0.25) is 5.32 Å². The van der Waals surface area contributed by atoms with E-state index in [9.17, 15) is 13.6 Å². The molecular weight excluding hydrogens is 440 g/mol. The Hall–Kier alpha value is -2.98. The first kappa shape index (κ1) is 22.2. The lowest BCUT2D eigenvalue weighted by atomic mass is 10.0. The summed E-state index contributed by atoms with van der Waals surface area (Å²) in [7, 11) is 0. The molecule has 0 unspecified atom stereocenters. The van der Waals surface area contributed by atoms with Crippen molar-refractivity contribution in [3.05, 3.63) is 53.7 Å². The lowest BCUT2D eigenvalue weighted by Crippen LogP contribution is -2.48. The van der Waals surface area contributed by atoms with Crippen LogP contribution in [0.3, 0.4) is 0 Å². The van der Waals surface area contributed by atoms with Crippen LogP contribution in [0.4, 0.5) is 25.2 Å². The highest BCUT2D eigenvalue weighted by Crippen LogP contribution is 2.36. The molecule has 4 heterocycles. The van der Waals surface area contributed by atoms with Gasteiger partial charge in [0.15, 0.2) is 11.5 Å². The summed E-state index contributed by atoms with van der Waals surface area (Å²) in [4.78, 5) is 20.6. The van der Waals surface area contributed by atoms with Crippen LogP contribution in [0.5, 0.6) is 0 Å². The molecule has 11 heteroatoms. The zero-order chi connectivity index (χ0) is 21.4. The molecule has 1 atom stereocenters. The maximum absolute atomic E-state index is 14.4. The van der Waals surface area contributed by atoms with Gasteiger partial charge in [0.05, 0.1) is 12.2 Å². The van der Waals surface area contributed by atoms with Crippen molar-refractivity contribution >= 4 is 35.7 Å². The molecule has 2 aliphatic heterocycles. The first-order chi connectivity index (χ1) is 15.1. The van der Waals surface area contributed by atoms with Gasteiger partial charge in [-0.15, -0.1) is 17.5 Å². The third-order valence-corrected chi connectivity index (χ3v) is 5.85. The molecule has 0 spiro atoms. The third kappa shape index (κ3) is 4.20.